The van der Waals surface area contributed by atoms with Gasteiger partial charge in [-0.05, 0) is 36.4 Å². The molecule has 2 N–H and O–H groups in total. The Bertz CT molecular complexity index is 641. The summed E-state index contributed by atoms with van der Waals surface area (Å²) in [5, 5.41) is 11.1. The van der Waals surface area contributed by atoms with Gasteiger partial charge in [0.25, 0.3) is 0 Å². The summed E-state index contributed by atoms with van der Waals surface area (Å²) in [7, 11) is 0. The van der Waals surface area contributed by atoms with Gasteiger partial charge < -0.3 is 10.1 Å². The highest BCUT2D eigenvalue weighted by molar-refractivity contribution is 6.34. The molecule has 0 aromatic heterocycles. The Labute approximate surface area is 123 Å². The Balaban J connectivity index is 2.07. The van der Waals surface area contributed by atoms with Gasteiger partial charge in [0.2, 0.25) is 0 Å². The molecular formula is C14H10ClF3N2O. The van der Waals surface area contributed by atoms with Crippen molar-refractivity contribution in [1.29, 1.82) is 5.41 Å². The molecule has 3 nitrogen and oxygen atoms in total. The second-order valence-corrected chi connectivity index (χ2v) is 4.46. The van der Waals surface area contributed by atoms with Crippen LogP contribution in [0.25, 0.3) is 0 Å². The first kappa shape index (κ1) is 15.2. The first-order chi connectivity index (χ1) is 9.85. The zero-order chi connectivity index (χ0) is 15.5. The molecule has 0 aliphatic heterocycles. The van der Waals surface area contributed by atoms with E-state index in [0.29, 0.717) is 16.3 Å². The number of nitrogens with one attached hydrogen (secondary N) is 2. The molecule has 0 bridgehead atoms. The van der Waals surface area contributed by atoms with Crippen molar-refractivity contribution in [3.63, 3.8) is 0 Å². The lowest BCUT2D eigenvalue weighted by atomic mass is 10.2. The number of amidine groups is 1. The van der Waals surface area contributed by atoms with Gasteiger partial charge in [-0.1, -0.05) is 23.7 Å². The van der Waals surface area contributed by atoms with Crippen LogP contribution in [0.15, 0.2) is 48.5 Å². The lowest BCUT2D eigenvalue weighted by Gasteiger charge is -2.11. The van der Waals surface area contributed by atoms with Gasteiger partial charge in [-0.15, -0.1) is 13.2 Å². The van der Waals surface area contributed by atoms with Crippen molar-refractivity contribution in [1.82, 2.24) is 0 Å². The topological polar surface area (TPSA) is 45.1 Å². The fraction of sp³-hybridized carbons (Fsp3) is 0.0714. The maximum Gasteiger partial charge on any atom is 0.573 e. The summed E-state index contributed by atoms with van der Waals surface area (Å²) in [5.74, 6) is -0.276. The van der Waals surface area contributed by atoms with E-state index in [4.69, 9.17) is 17.0 Å². The molecule has 0 fully saturated rings. The van der Waals surface area contributed by atoms with E-state index in [-0.39, 0.29) is 11.6 Å². The molecule has 0 spiro atoms. The van der Waals surface area contributed by atoms with Gasteiger partial charge in [0.05, 0.1) is 5.02 Å². The first-order valence-corrected chi connectivity index (χ1v) is 6.19. The van der Waals surface area contributed by atoms with E-state index in [1.165, 1.54) is 12.1 Å². The molecule has 0 saturated carbocycles. The summed E-state index contributed by atoms with van der Waals surface area (Å²) in [6.07, 6.45) is -4.72. The molecule has 0 heterocycles. The summed E-state index contributed by atoms with van der Waals surface area (Å²) in [4.78, 5) is 0. The summed E-state index contributed by atoms with van der Waals surface area (Å²) in [5.41, 5.74) is 0.948. The number of rotatable bonds is 3. The first-order valence-electron chi connectivity index (χ1n) is 5.81. The standard InChI is InChI=1S/C14H10ClF3N2O/c15-12-4-2-1-3-11(12)13(19)20-9-5-7-10(8-6-9)21-14(16,17)18/h1-8H,(H2,19,20). The minimum Gasteiger partial charge on any atom is -0.406 e. The van der Waals surface area contributed by atoms with E-state index in [0.717, 1.165) is 12.1 Å². The predicted molar refractivity (Wildman–Crippen MR) is 75.0 cm³/mol. The fourth-order valence-corrected chi connectivity index (χ4v) is 1.85. The second kappa shape index (κ2) is 6.05. The van der Waals surface area contributed by atoms with Crippen LogP contribution in [0.2, 0.25) is 5.02 Å². The molecule has 0 aliphatic rings. The molecule has 2 rings (SSSR count). The van der Waals surface area contributed by atoms with Gasteiger partial charge in [-0.3, -0.25) is 5.41 Å². The fourth-order valence-electron chi connectivity index (χ4n) is 1.62. The lowest BCUT2D eigenvalue weighted by Crippen LogP contribution is -2.17. The van der Waals surface area contributed by atoms with Crippen LogP contribution in [0.3, 0.4) is 0 Å². The molecule has 0 saturated heterocycles. The van der Waals surface area contributed by atoms with E-state index < -0.39 is 6.36 Å². The van der Waals surface area contributed by atoms with Crippen LogP contribution in [-0.4, -0.2) is 12.2 Å². The SMILES string of the molecule is N=C(Nc1ccc(OC(F)(F)F)cc1)c1ccccc1Cl. The molecule has 7 heteroatoms. The molecule has 0 aliphatic carbocycles. The highest BCUT2D eigenvalue weighted by Crippen LogP contribution is 2.24. The maximum absolute atomic E-state index is 12.0. The van der Waals surface area contributed by atoms with Crippen LogP contribution in [0.4, 0.5) is 18.9 Å². The third kappa shape index (κ3) is 4.39. The van der Waals surface area contributed by atoms with Crippen molar-refractivity contribution in [2.45, 2.75) is 6.36 Å². The Morgan fingerprint density at radius 1 is 1.05 bits per heavy atom. The van der Waals surface area contributed by atoms with Gasteiger partial charge >= 0.3 is 6.36 Å². The van der Waals surface area contributed by atoms with Crippen molar-refractivity contribution in [3.05, 3.63) is 59.1 Å². The van der Waals surface area contributed by atoms with Gasteiger partial charge in [-0.2, -0.15) is 0 Å². The Morgan fingerprint density at radius 2 is 1.67 bits per heavy atom. The van der Waals surface area contributed by atoms with Crippen molar-refractivity contribution in [3.8, 4) is 5.75 Å². The number of alkyl halides is 3. The number of hydrogen-bond acceptors (Lipinski definition) is 2. The second-order valence-electron chi connectivity index (χ2n) is 4.05. The summed E-state index contributed by atoms with van der Waals surface area (Å²) >= 11 is 5.96. The number of hydrogen-bond donors (Lipinski definition) is 2. The molecule has 2 aromatic carbocycles. The smallest absolute Gasteiger partial charge is 0.406 e. The maximum atomic E-state index is 12.0. The largest absolute Gasteiger partial charge is 0.573 e. The van der Waals surface area contributed by atoms with E-state index in [1.807, 2.05) is 0 Å². The van der Waals surface area contributed by atoms with Crippen LogP contribution in [0.5, 0.6) is 5.75 Å². The van der Waals surface area contributed by atoms with Crippen molar-refractivity contribution < 1.29 is 17.9 Å². The Morgan fingerprint density at radius 3 is 2.24 bits per heavy atom. The Hall–Kier alpha value is -2.21. The van der Waals surface area contributed by atoms with Gasteiger partial charge in [0.1, 0.15) is 11.6 Å². The van der Waals surface area contributed by atoms with Gasteiger partial charge in [0, 0.05) is 11.3 Å². The zero-order valence-corrected chi connectivity index (χ0v) is 11.3. The summed E-state index contributed by atoms with van der Waals surface area (Å²) in [6.45, 7) is 0. The molecular weight excluding hydrogens is 305 g/mol. The van der Waals surface area contributed by atoms with E-state index in [2.05, 4.69) is 10.1 Å². The van der Waals surface area contributed by atoms with Gasteiger partial charge in [0.15, 0.2) is 0 Å². The molecule has 2 aromatic rings. The lowest BCUT2D eigenvalue weighted by molar-refractivity contribution is -0.274. The quantitative estimate of drug-likeness (QED) is 0.638. The highest BCUT2D eigenvalue weighted by Gasteiger charge is 2.30. The number of ether oxygens (including phenoxy) is 1. The molecule has 110 valence electrons. The third-order valence-electron chi connectivity index (χ3n) is 2.50. The normalized spacial score (nSPS) is 11.0. The zero-order valence-electron chi connectivity index (χ0n) is 10.5. The summed E-state index contributed by atoms with van der Waals surface area (Å²) < 4.78 is 39.9. The summed E-state index contributed by atoms with van der Waals surface area (Å²) in [6, 6.07) is 11.9. The third-order valence-corrected chi connectivity index (χ3v) is 2.83. The number of benzene rings is 2. The van der Waals surface area contributed by atoms with E-state index in [9.17, 15) is 13.2 Å². The average Bonchev–Trinajstić information content (AvgIpc) is 2.40. The highest BCUT2D eigenvalue weighted by atomic mass is 35.5. The minimum absolute atomic E-state index is 0.0464. The van der Waals surface area contributed by atoms with Crippen molar-refractivity contribution in [2.24, 2.45) is 0 Å². The van der Waals surface area contributed by atoms with E-state index >= 15 is 0 Å². The Kier molecular flexibility index (Phi) is 4.37. The monoisotopic (exact) mass is 314 g/mol. The number of halogens is 4. The van der Waals surface area contributed by atoms with Gasteiger partial charge in [-0.25, -0.2) is 0 Å². The predicted octanol–water partition coefficient (Wildman–Crippen LogP) is 4.68. The van der Waals surface area contributed by atoms with Crippen molar-refractivity contribution in [2.75, 3.05) is 5.32 Å². The molecule has 21 heavy (non-hydrogen) atoms. The molecule has 0 radical (unpaired) electrons. The van der Waals surface area contributed by atoms with Crippen LogP contribution >= 0.6 is 11.6 Å². The average molecular weight is 315 g/mol. The minimum atomic E-state index is -4.72. The molecule has 0 unspecified atom stereocenters. The van der Waals surface area contributed by atoms with E-state index in [1.54, 1.807) is 24.3 Å². The molecule has 0 amide bonds. The number of anilines is 1. The van der Waals surface area contributed by atoms with Crippen LogP contribution in [0, 0.1) is 5.41 Å². The van der Waals surface area contributed by atoms with Crippen LogP contribution < -0.4 is 10.1 Å². The van der Waals surface area contributed by atoms with Crippen LogP contribution in [-0.2, 0) is 0 Å². The van der Waals surface area contributed by atoms with Crippen molar-refractivity contribution >= 4 is 23.1 Å². The molecule has 0 atom stereocenters. The van der Waals surface area contributed by atoms with Crippen LogP contribution in [0.1, 0.15) is 5.56 Å².